The van der Waals surface area contributed by atoms with Crippen molar-refractivity contribution < 1.29 is 9.90 Å². The fraction of sp³-hybridized carbons (Fsp3) is 0.214. The number of rotatable bonds is 6. The van der Waals surface area contributed by atoms with E-state index in [1.807, 2.05) is 24.3 Å². The van der Waals surface area contributed by atoms with Crippen LogP contribution in [-0.2, 0) is 17.0 Å². The van der Waals surface area contributed by atoms with Crippen molar-refractivity contribution in [1.29, 1.82) is 5.26 Å². The Balaban J connectivity index is 2.04. The maximum Gasteiger partial charge on any atom is 0.309 e. The molecule has 20 heavy (non-hydrogen) atoms. The summed E-state index contributed by atoms with van der Waals surface area (Å²) in [6.45, 7) is 0. The van der Waals surface area contributed by atoms with Gasteiger partial charge in [-0.3, -0.25) is 4.79 Å². The zero-order valence-electron chi connectivity index (χ0n) is 10.6. The highest BCUT2D eigenvalue weighted by Gasteiger charge is 2.07. The Morgan fingerprint density at radius 3 is 2.80 bits per heavy atom. The molecule has 4 nitrogen and oxygen atoms in total. The number of nitriles is 1. The molecule has 1 heterocycles. The average Bonchev–Trinajstić information content (AvgIpc) is 2.87. The number of hydrogen-bond acceptors (Lipinski definition) is 5. The van der Waals surface area contributed by atoms with Crippen LogP contribution in [0.5, 0.6) is 0 Å². The zero-order valence-corrected chi connectivity index (χ0v) is 12.2. The van der Waals surface area contributed by atoms with Crippen molar-refractivity contribution in [2.24, 2.45) is 0 Å². The van der Waals surface area contributed by atoms with Crippen LogP contribution in [0.15, 0.2) is 29.6 Å². The van der Waals surface area contributed by atoms with E-state index < -0.39 is 5.97 Å². The molecule has 2 rings (SSSR count). The molecule has 2 aromatic rings. The minimum absolute atomic E-state index is 0.0423. The molecule has 0 bridgehead atoms. The van der Waals surface area contributed by atoms with Gasteiger partial charge in [0.15, 0.2) is 0 Å². The summed E-state index contributed by atoms with van der Waals surface area (Å²) >= 11 is 3.03. The van der Waals surface area contributed by atoms with Gasteiger partial charge in [-0.25, -0.2) is 4.98 Å². The number of nitrogens with zero attached hydrogens (tertiary/aromatic N) is 2. The van der Waals surface area contributed by atoms with Crippen LogP contribution >= 0.6 is 23.1 Å². The van der Waals surface area contributed by atoms with Gasteiger partial charge < -0.3 is 5.11 Å². The van der Waals surface area contributed by atoms with Crippen molar-refractivity contribution in [3.8, 4) is 16.6 Å². The van der Waals surface area contributed by atoms with Gasteiger partial charge in [-0.15, -0.1) is 23.1 Å². The van der Waals surface area contributed by atoms with Gasteiger partial charge in [-0.1, -0.05) is 24.3 Å². The minimum Gasteiger partial charge on any atom is -0.481 e. The molecule has 0 unspecified atom stereocenters. The Kier molecular flexibility index (Phi) is 5.16. The number of thioether (sulfide) groups is 1. The quantitative estimate of drug-likeness (QED) is 0.830. The number of carboxylic acid groups (broad SMARTS) is 1. The summed E-state index contributed by atoms with van der Waals surface area (Å²) in [5.41, 5.74) is 2.74. The van der Waals surface area contributed by atoms with E-state index in [0.717, 1.165) is 21.9 Å². The van der Waals surface area contributed by atoms with E-state index in [1.54, 1.807) is 17.1 Å². The Morgan fingerprint density at radius 2 is 2.15 bits per heavy atom. The standard InChI is InChI=1S/C14H12N2O2S2/c15-5-6-19-8-10-1-3-11(4-2-10)14-16-12(9-20-14)7-13(17)18/h1-4,9H,6-8H2,(H,17,18). The lowest BCUT2D eigenvalue weighted by Gasteiger charge is -2.00. The second-order valence-electron chi connectivity index (χ2n) is 4.06. The van der Waals surface area contributed by atoms with E-state index in [1.165, 1.54) is 11.3 Å². The van der Waals surface area contributed by atoms with Crippen LogP contribution in [0.2, 0.25) is 0 Å². The average molecular weight is 304 g/mol. The molecule has 1 N–H and O–H groups in total. The van der Waals surface area contributed by atoms with Crippen LogP contribution in [0.4, 0.5) is 0 Å². The molecule has 0 aliphatic rings. The molecular weight excluding hydrogens is 292 g/mol. The van der Waals surface area contributed by atoms with Gasteiger partial charge in [-0.2, -0.15) is 5.26 Å². The second-order valence-corrected chi connectivity index (χ2v) is 5.91. The predicted molar refractivity (Wildman–Crippen MR) is 80.7 cm³/mol. The molecule has 0 saturated heterocycles. The molecular formula is C14H12N2O2S2. The van der Waals surface area contributed by atoms with Crippen molar-refractivity contribution in [2.45, 2.75) is 12.2 Å². The maximum absolute atomic E-state index is 10.6. The highest BCUT2D eigenvalue weighted by molar-refractivity contribution is 7.98. The van der Waals surface area contributed by atoms with Crippen molar-refractivity contribution >= 4 is 29.1 Å². The van der Waals surface area contributed by atoms with Crippen molar-refractivity contribution in [3.05, 3.63) is 40.9 Å². The summed E-state index contributed by atoms with van der Waals surface area (Å²) in [4.78, 5) is 14.9. The largest absolute Gasteiger partial charge is 0.481 e. The Hall–Kier alpha value is -1.84. The molecule has 0 saturated carbocycles. The Morgan fingerprint density at radius 1 is 1.40 bits per heavy atom. The lowest BCUT2D eigenvalue weighted by atomic mass is 10.1. The molecule has 0 aliphatic carbocycles. The van der Waals surface area contributed by atoms with Gasteiger partial charge in [0.2, 0.25) is 0 Å². The molecule has 102 valence electrons. The lowest BCUT2D eigenvalue weighted by molar-refractivity contribution is -0.136. The van der Waals surface area contributed by atoms with E-state index >= 15 is 0 Å². The molecule has 1 aromatic carbocycles. The van der Waals surface area contributed by atoms with Gasteiger partial charge in [0.05, 0.1) is 23.9 Å². The normalized spacial score (nSPS) is 10.2. The van der Waals surface area contributed by atoms with Gasteiger partial charge in [0.25, 0.3) is 0 Å². The third-order valence-corrected chi connectivity index (χ3v) is 4.33. The van der Waals surface area contributed by atoms with E-state index in [4.69, 9.17) is 10.4 Å². The Labute approximate surface area is 125 Å². The summed E-state index contributed by atoms with van der Waals surface area (Å²) in [6.07, 6.45) is -0.0423. The van der Waals surface area contributed by atoms with Crippen molar-refractivity contribution in [3.63, 3.8) is 0 Å². The van der Waals surface area contributed by atoms with Crippen LogP contribution in [0, 0.1) is 11.3 Å². The fourth-order valence-corrected chi connectivity index (χ4v) is 3.08. The third kappa shape index (κ3) is 4.08. The monoisotopic (exact) mass is 304 g/mol. The second kappa shape index (κ2) is 7.08. The number of hydrogen-bond donors (Lipinski definition) is 1. The number of aromatic nitrogens is 1. The van der Waals surface area contributed by atoms with Crippen molar-refractivity contribution in [2.75, 3.05) is 5.75 Å². The highest BCUT2D eigenvalue weighted by Crippen LogP contribution is 2.25. The van der Waals surface area contributed by atoms with E-state index in [2.05, 4.69) is 11.1 Å². The smallest absolute Gasteiger partial charge is 0.309 e. The van der Waals surface area contributed by atoms with E-state index in [0.29, 0.717) is 11.4 Å². The van der Waals surface area contributed by atoms with Crippen molar-refractivity contribution in [1.82, 2.24) is 4.98 Å². The van der Waals surface area contributed by atoms with Gasteiger partial charge >= 0.3 is 5.97 Å². The van der Waals surface area contributed by atoms with Crippen LogP contribution in [0.1, 0.15) is 11.3 Å². The van der Waals surface area contributed by atoms with E-state index in [-0.39, 0.29) is 6.42 Å². The number of aliphatic carboxylic acids is 1. The summed E-state index contributed by atoms with van der Waals surface area (Å²) in [7, 11) is 0. The zero-order chi connectivity index (χ0) is 14.4. The van der Waals surface area contributed by atoms with Gasteiger partial charge in [-0.05, 0) is 5.56 Å². The third-order valence-electron chi connectivity index (χ3n) is 2.52. The highest BCUT2D eigenvalue weighted by atomic mass is 32.2. The van der Waals surface area contributed by atoms with E-state index in [9.17, 15) is 4.79 Å². The molecule has 0 aliphatic heterocycles. The number of benzene rings is 1. The SMILES string of the molecule is N#CCSCc1ccc(-c2nc(CC(=O)O)cs2)cc1. The summed E-state index contributed by atoms with van der Waals surface area (Å²) in [5, 5.41) is 19.8. The molecule has 0 fully saturated rings. The molecule has 0 atom stereocenters. The topological polar surface area (TPSA) is 74.0 Å². The van der Waals surface area contributed by atoms with Gasteiger partial charge in [0, 0.05) is 16.7 Å². The number of thiazole rings is 1. The number of carboxylic acids is 1. The minimum atomic E-state index is -0.869. The van der Waals surface area contributed by atoms with Gasteiger partial charge in [0.1, 0.15) is 5.01 Å². The molecule has 0 spiro atoms. The molecule has 0 radical (unpaired) electrons. The van der Waals surface area contributed by atoms with Crippen LogP contribution in [0.25, 0.3) is 10.6 Å². The summed E-state index contributed by atoms with van der Waals surface area (Å²) in [5.74, 6) is 0.440. The molecule has 6 heteroatoms. The first-order chi connectivity index (χ1) is 9.69. The first-order valence-corrected chi connectivity index (χ1v) is 7.92. The number of carbonyl (C=O) groups is 1. The lowest BCUT2D eigenvalue weighted by Crippen LogP contribution is -1.99. The maximum atomic E-state index is 10.6. The predicted octanol–water partition coefficient (Wildman–Crippen LogP) is 3.19. The van der Waals surface area contributed by atoms with Crippen LogP contribution in [-0.4, -0.2) is 21.8 Å². The summed E-state index contributed by atoms with van der Waals surface area (Å²) < 4.78 is 0. The molecule has 0 amide bonds. The first-order valence-electron chi connectivity index (χ1n) is 5.89. The fourth-order valence-electron chi connectivity index (χ4n) is 1.63. The molecule has 1 aromatic heterocycles. The summed E-state index contributed by atoms with van der Waals surface area (Å²) in [6, 6.07) is 10.1. The Bertz CT molecular complexity index is 629. The van der Waals surface area contributed by atoms with Crippen LogP contribution < -0.4 is 0 Å². The van der Waals surface area contributed by atoms with Crippen LogP contribution in [0.3, 0.4) is 0 Å². The first kappa shape index (κ1) is 14.6.